The quantitative estimate of drug-likeness (QED) is 0.431. The van der Waals surface area contributed by atoms with Gasteiger partial charge in [-0.1, -0.05) is 29.8 Å². The van der Waals surface area contributed by atoms with Gasteiger partial charge in [0, 0.05) is 16.7 Å². The minimum Gasteiger partial charge on any atom is -0.465 e. The van der Waals surface area contributed by atoms with Crippen LogP contribution < -0.4 is 0 Å². The third-order valence-corrected chi connectivity index (χ3v) is 5.95. The van der Waals surface area contributed by atoms with E-state index < -0.39 is 20.7 Å². The summed E-state index contributed by atoms with van der Waals surface area (Å²) in [5.74, 6) is -0.0516. The maximum Gasteiger partial charge on any atom is 0.338 e. The number of benzene rings is 2. The first-order valence-electron chi connectivity index (χ1n) is 8.27. The van der Waals surface area contributed by atoms with Crippen LogP contribution in [-0.2, 0) is 14.6 Å². The van der Waals surface area contributed by atoms with Crippen LogP contribution in [0.3, 0.4) is 0 Å². The maximum absolute atomic E-state index is 12.7. The standard InChI is InChI=1S/C21H14ClNO5S/c1-27-21(24)19-5-3-2-4-18(19)20-11-8-15(28-20)12-17(13-23)29(25,26)16-9-6-14(22)7-10-16/h2-12H,1H3/b17-12+. The molecule has 0 N–H and O–H groups in total. The second-order valence-corrected chi connectivity index (χ2v) is 8.17. The van der Waals surface area contributed by atoms with Crippen molar-refractivity contribution >= 4 is 33.5 Å². The lowest BCUT2D eigenvalue weighted by atomic mass is 10.1. The van der Waals surface area contributed by atoms with Crippen molar-refractivity contribution < 1.29 is 22.4 Å². The molecule has 0 saturated carbocycles. The van der Waals surface area contributed by atoms with Crippen LogP contribution in [0.1, 0.15) is 16.1 Å². The van der Waals surface area contributed by atoms with Crippen molar-refractivity contribution in [2.45, 2.75) is 4.90 Å². The lowest BCUT2D eigenvalue weighted by Crippen LogP contribution is -2.03. The maximum atomic E-state index is 12.7. The first-order valence-corrected chi connectivity index (χ1v) is 10.1. The van der Waals surface area contributed by atoms with Crippen molar-refractivity contribution in [1.82, 2.24) is 0 Å². The van der Waals surface area contributed by atoms with Gasteiger partial charge in [-0.2, -0.15) is 5.26 Å². The molecule has 146 valence electrons. The zero-order valence-electron chi connectivity index (χ0n) is 15.1. The second-order valence-electron chi connectivity index (χ2n) is 5.82. The van der Waals surface area contributed by atoms with Gasteiger partial charge in [-0.3, -0.25) is 0 Å². The Morgan fingerprint density at radius 1 is 1.10 bits per heavy atom. The number of furan rings is 1. The number of hydrogen-bond donors (Lipinski definition) is 0. The summed E-state index contributed by atoms with van der Waals surface area (Å²) < 4.78 is 35.8. The van der Waals surface area contributed by atoms with Crippen LogP contribution in [0.15, 0.2) is 74.9 Å². The molecule has 8 heteroatoms. The van der Waals surface area contributed by atoms with Crippen LogP contribution in [0.25, 0.3) is 17.4 Å². The van der Waals surface area contributed by atoms with Crippen molar-refractivity contribution in [3.63, 3.8) is 0 Å². The number of carbonyl (C=O) groups is 1. The summed E-state index contributed by atoms with van der Waals surface area (Å²) in [4.78, 5) is 11.4. The molecular weight excluding hydrogens is 414 g/mol. The van der Waals surface area contributed by atoms with Crippen LogP contribution in [0.4, 0.5) is 0 Å². The monoisotopic (exact) mass is 427 g/mol. The van der Waals surface area contributed by atoms with Crippen molar-refractivity contribution in [1.29, 1.82) is 5.26 Å². The molecule has 29 heavy (non-hydrogen) atoms. The highest BCUT2D eigenvalue weighted by molar-refractivity contribution is 7.95. The molecule has 0 aliphatic carbocycles. The predicted octanol–water partition coefficient (Wildman–Crippen LogP) is 4.72. The average molecular weight is 428 g/mol. The van der Waals surface area contributed by atoms with Gasteiger partial charge in [-0.05, 0) is 42.5 Å². The second kappa shape index (κ2) is 8.35. The molecule has 0 saturated heterocycles. The smallest absolute Gasteiger partial charge is 0.338 e. The molecule has 1 heterocycles. The fraction of sp³-hybridized carbons (Fsp3) is 0.0476. The van der Waals surface area contributed by atoms with Gasteiger partial charge in [0.25, 0.3) is 0 Å². The van der Waals surface area contributed by atoms with Crippen molar-refractivity contribution in [2.75, 3.05) is 7.11 Å². The number of halogens is 1. The molecule has 0 aliphatic heterocycles. The lowest BCUT2D eigenvalue weighted by Gasteiger charge is -2.05. The number of sulfone groups is 1. The molecular formula is C21H14ClNO5S. The van der Waals surface area contributed by atoms with E-state index in [4.69, 9.17) is 20.8 Å². The summed E-state index contributed by atoms with van der Waals surface area (Å²) in [6.07, 6.45) is 1.13. The fourth-order valence-corrected chi connectivity index (χ4v) is 3.87. The molecule has 0 bridgehead atoms. The van der Waals surface area contributed by atoms with E-state index in [-0.39, 0.29) is 10.7 Å². The number of ether oxygens (including phenoxy) is 1. The summed E-state index contributed by atoms with van der Waals surface area (Å²) in [6.45, 7) is 0. The van der Waals surface area contributed by atoms with Gasteiger partial charge in [0.05, 0.1) is 17.6 Å². The van der Waals surface area contributed by atoms with E-state index in [9.17, 15) is 18.5 Å². The molecule has 3 aromatic rings. The van der Waals surface area contributed by atoms with Crippen LogP contribution in [0, 0.1) is 11.3 Å². The van der Waals surface area contributed by atoms with E-state index in [1.807, 2.05) is 0 Å². The highest BCUT2D eigenvalue weighted by atomic mass is 35.5. The van der Waals surface area contributed by atoms with E-state index in [1.54, 1.807) is 36.4 Å². The molecule has 2 aromatic carbocycles. The van der Waals surface area contributed by atoms with Crippen LogP contribution in [-0.4, -0.2) is 21.5 Å². The van der Waals surface area contributed by atoms with Crippen LogP contribution >= 0.6 is 11.6 Å². The van der Waals surface area contributed by atoms with Crippen molar-refractivity contribution in [2.24, 2.45) is 0 Å². The summed E-state index contributed by atoms with van der Waals surface area (Å²) in [6, 6.07) is 17.0. The Morgan fingerprint density at radius 3 is 2.45 bits per heavy atom. The number of hydrogen-bond acceptors (Lipinski definition) is 6. The van der Waals surface area contributed by atoms with E-state index >= 15 is 0 Å². The topological polar surface area (TPSA) is 97.4 Å². The third kappa shape index (κ3) is 4.24. The molecule has 0 fully saturated rings. The summed E-state index contributed by atoms with van der Waals surface area (Å²) in [5.41, 5.74) is 0.784. The summed E-state index contributed by atoms with van der Waals surface area (Å²) >= 11 is 5.79. The number of nitrogens with zero attached hydrogens (tertiary/aromatic N) is 1. The van der Waals surface area contributed by atoms with E-state index in [0.717, 1.165) is 6.08 Å². The molecule has 0 unspecified atom stereocenters. The highest BCUT2D eigenvalue weighted by Gasteiger charge is 2.22. The van der Waals surface area contributed by atoms with Gasteiger partial charge < -0.3 is 9.15 Å². The normalized spacial score (nSPS) is 11.7. The number of allylic oxidation sites excluding steroid dienone is 1. The van der Waals surface area contributed by atoms with Crippen LogP contribution in [0.2, 0.25) is 5.02 Å². The predicted molar refractivity (Wildman–Crippen MR) is 108 cm³/mol. The van der Waals surface area contributed by atoms with Crippen molar-refractivity contribution in [3.05, 3.63) is 81.9 Å². The Hall–Kier alpha value is -3.34. The lowest BCUT2D eigenvalue weighted by molar-refractivity contribution is 0.0601. The molecule has 0 aliphatic rings. The van der Waals surface area contributed by atoms with Gasteiger partial charge in [-0.15, -0.1) is 0 Å². The first kappa shape index (κ1) is 20.4. The van der Waals surface area contributed by atoms with Gasteiger partial charge in [0.15, 0.2) is 4.91 Å². The zero-order valence-corrected chi connectivity index (χ0v) is 16.7. The highest BCUT2D eigenvalue weighted by Crippen LogP contribution is 2.29. The van der Waals surface area contributed by atoms with Gasteiger partial charge in [-0.25, -0.2) is 13.2 Å². The summed E-state index contributed by atoms with van der Waals surface area (Å²) in [5, 5.41) is 9.77. The molecule has 0 amide bonds. The number of rotatable bonds is 5. The molecule has 6 nitrogen and oxygen atoms in total. The molecule has 1 aromatic heterocycles. The fourth-order valence-electron chi connectivity index (χ4n) is 2.60. The Labute approximate surface area is 172 Å². The SMILES string of the molecule is COC(=O)c1ccccc1-c1ccc(/C=C(\C#N)S(=O)(=O)c2ccc(Cl)cc2)o1. The first-order chi connectivity index (χ1) is 13.9. The molecule has 0 radical (unpaired) electrons. The van der Waals surface area contributed by atoms with Gasteiger partial charge >= 0.3 is 5.97 Å². The number of esters is 1. The molecule has 0 atom stereocenters. The molecule has 3 rings (SSSR count). The van der Waals surface area contributed by atoms with E-state index in [0.29, 0.717) is 21.9 Å². The summed E-state index contributed by atoms with van der Waals surface area (Å²) in [7, 11) is -2.77. The number of carbonyl (C=O) groups excluding carboxylic acids is 1. The average Bonchev–Trinajstić information content (AvgIpc) is 3.20. The van der Waals surface area contributed by atoms with E-state index in [2.05, 4.69) is 0 Å². The largest absolute Gasteiger partial charge is 0.465 e. The Kier molecular flexibility index (Phi) is 5.87. The minimum atomic E-state index is -4.04. The Morgan fingerprint density at radius 2 is 1.79 bits per heavy atom. The molecule has 0 spiro atoms. The number of methoxy groups -OCH3 is 1. The van der Waals surface area contributed by atoms with Gasteiger partial charge in [0.1, 0.15) is 17.6 Å². The zero-order chi connectivity index (χ0) is 21.0. The Bertz CT molecular complexity index is 1230. The van der Waals surface area contributed by atoms with E-state index in [1.165, 1.54) is 37.4 Å². The Balaban J connectivity index is 2.00. The number of nitriles is 1. The van der Waals surface area contributed by atoms with Crippen LogP contribution in [0.5, 0.6) is 0 Å². The minimum absolute atomic E-state index is 0.0579. The van der Waals surface area contributed by atoms with Gasteiger partial charge in [0.2, 0.25) is 9.84 Å². The van der Waals surface area contributed by atoms with Crippen molar-refractivity contribution in [3.8, 4) is 17.4 Å². The third-order valence-electron chi connectivity index (χ3n) is 4.02.